The van der Waals surface area contributed by atoms with E-state index in [-0.39, 0.29) is 0 Å². The molecule has 0 saturated carbocycles. The van der Waals surface area contributed by atoms with Crippen molar-refractivity contribution in [1.82, 2.24) is 25.4 Å². The van der Waals surface area contributed by atoms with Gasteiger partial charge in [-0.15, -0.1) is 10.2 Å². The molecular formula is C17H26N6O. The predicted molar refractivity (Wildman–Crippen MR) is 94.9 cm³/mol. The molecule has 0 radical (unpaired) electrons. The summed E-state index contributed by atoms with van der Waals surface area (Å²) in [7, 11) is 1.69. The summed E-state index contributed by atoms with van der Waals surface area (Å²) < 4.78 is 7.14. The molecule has 0 spiro atoms. The van der Waals surface area contributed by atoms with Crippen LogP contribution in [0.5, 0.6) is 0 Å². The molecule has 0 atom stereocenters. The van der Waals surface area contributed by atoms with Gasteiger partial charge in [0.25, 0.3) is 0 Å². The average molecular weight is 330 g/mol. The zero-order valence-corrected chi connectivity index (χ0v) is 14.4. The Balaban J connectivity index is 1.87. The number of aliphatic imine (C=N–C) groups is 1. The number of ether oxygens (including phenoxy) is 1. The SMILES string of the molecule is CCc1nncn1CCNC(=NCc1ccccc1)NCCOC. The summed E-state index contributed by atoms with van der Waals surface area (Å²) in [6, 6.07) is 10.2. The van der Waals surface area contributed by atoms with E-state index in [0.717, 1.165) is 31.3 Å². The van der Waals surface area contributed by atoms with E-state index in [9.17, 15) is 0 Å². The number of aromatic nitrogens is 3. The standard InChI is InChI=1S/C17H26N6O/c1-3-16-22-21-14-23(16)11-9-18-17(19-10-12-24-2)20-13-15-7-5-4-6-8-15/h4-8,14H,3,9-13H2,1-2H3,(H2,18,19,20). The molecule has 0 saturated heterocycles. The van der Waals surface area contributed by atoms with Gasteiger partial charge in [-0.3, -0.25) is 0 Å². The van der Waals surface area contributed by atoms with Gasteiger partial charge >= 0.3 is 0 Å². The Morgan fingerprint density at radius 1 is 1.21 bits per heavy atom. The third-order valence-electron chi connectivity index (χ3n) is 3.52. The second-order valence-corrected chi connectivity index (χ2v) is 5.29. The number of aryl methyl sites for hydroxylation is 1. The van der Waals surface area contributed by atoms with Crippen molar-refractivity contribution in [2.45, 2.75) is 26.4 Å². The largest absolute Gasteiger partial charge is 0.383 e. The van der Waals surface area contributed by atoms with Crippen molar-refractivity contribution >= 4 is 5.96 Å². The van der Waals surface area contributed by atoms with Crippen LogP contribution >= 0.6 is 0 Å². The zero-order chi connectivity index (χ0) is 17.0. The minimum atomic E-state index is 0.635. The molecule has 0 fully saturated rings. The maximum absolute atomic E-state index is 5.08. The molecule has 0 amide bonds. The molecule has 0 unspecified atom stereocenters. The molecule has 2 N–H and O–H groups in total. The Morgan fingerprint density at radius 2 is 2.00 bits per heavy atom. The summed E-state index contributed by atoms with van der Waals surface area (Å²) in [6.45, 7) is 5.61. The summed E-state index contributed by atoms with van der Waals surface area (Å²) >= 11 is 0. The van der Waals surface area contributed by atoms with Crippen LogP contribution in [0.3, 0.4) is 0 Å². The highest BCUT2D eigenvalue weighted by Crippen LogP contribution is 2.00. The molecule has 2 rings (SSSR count). The maximum Gasteiger partial charge on any atom is 0.191 e. The first kappa shape index (κ1) is 17.9. The van der Waals surface area contributed by atoms with Gasteiger partial charge in [-0.05, 0) is 5.56 Å². The van der Waals surface area contributed by atoms with Gasteiger partial charge in [-0.25, -0.2) is 4.99 Å². The first-order chi connectivity index (χ1) is 11.8. The molecule has 24 heavy (non-hydrogen) atoms. The van der Waals surface area contributed by atoms with E-state index < -0.39 is 0 Å². The predicted octanol–water partition coefficient (Wildman–Crippen LogP) is 1.22. The summed E-state index contributed by atoms with van der Waals surface area (Å²) in [6.07, 6.45) is 2.64. The van der Waals surface area contributed by atoms with Crippen molar-refractivity contribution in [3.05, 3.63) is 48.0 Å². The van der Waals surface area contributed by atoms with Gasteiger partial charge < -0.3 is 19.9 Å². The Bertz CT molecular complexity index is 611. The monoisotopic (exact) mass is 330 g/mol. The lowest BCUT2D eigenvalue weighted by Crippen LogP contribution is -2.40. The number of nitrogens with zero attached hydrogens (tertiary/aromatic N) is 4. The van der Waals surface area contributed by atoms with Gasteiger partial charge in [0.15, 0.2) is 5.96 Å². The van der Waals surface area contributed by atoms with Gasteiger partial charge in [0, 0.05) is 33.2 Å². The lowest BCUT2D eigenvalue weighted by Gasteiger charge is -2.13. The minimum Gasteiger partial charge on any atom is -0.383 e. The van der Waals surface area contributed by atoms with Crippen LogP contribution in [0.4, 0.5) is 0 Å². The van der Waals surface area contributed by atoms with Crippen LogP contribution in [0.2, 0.25) is 0 Å². The van der Waals surface area contributed by atoms with Crippen molar-refractivity contribution in [3.8, 4) is 0 Å². The van der Waals surface area contributed by atoms with Gasteiger partial charge in [0.2, 0.25) is 0 Å². The Labute approximate surface area is 143 Å². The lowest BCUT2D eigenvalue weighted by atomic mass is 10.2. The van der Waals surface area contributed by atoms with E-state index in [2.05, 4.69) is 49.4 Å². The second kappa shape index (κ2) is 10.4. The molecule has 0 aliphatic carbocycles. The third-order valence-corrected chi connectivity index (χ3v) is 3.52. The van der Waals surface area contributed by atoms with Crippen molar-refractivity contribution in [3.63, 3.8) is 0 Å². The number of hydrogen-bond acceptors (Lipinski definition) is 4. The van der Waals surface area contributed by atoms with Crippen LogP contribution in [-0.4, -0.2) is 47.5 Å². The molecule has 1 heterocycles. The summed E-state index contributed by atoms with van der Waals surface area (Å²) in [5.74, 6) is 1.77. The second-order valence-electron chi connectivity index (χ2n) is 5.29. The van der Waals surface area contributed by atoms with Crippen LogP contribution in [0.25, 0.3) is 0 Å². The normalized spacial score (nSPS) is 11.5. The molecule has 7 heteroatoms. The number of benzene rings is 1. The van der Waals surface area contributed by atoms with E-state index >= 15 is 0 Å². The highest BCUT2D eigenvalue weighted by Gasteiger charge is 2.02. The Kier molecular flexibility index (Phi) is 7.76. The first-order valence-electron chi connectivity index (χ1n) is 8.25. The average Bonchev–Trinajstić information content (AvgIpc) is 3.08. The van der Waals surface area contributed by atoms with Crippen molar-refractivity contribution in [1.29, 1.82) is 0 Å². The molecule has 7 nitrogen and oxygen atoms in total. The molecule has 130 valence electrons. The topological polar surface area (TPSA) is 76.4 Å². The summed E-state index contributed by atoms with van der Waals surface area (Å²) in [4.78, 5) is 4.63. The fraction of sp³-hybridized carbons (Fsp3) is 0.471. The van der Waals surface area contributed by atoms with Gasteiger partial charge in [0.05, 0.1) is 13.2 Å². The van der Waals surface area contributed by atoms with E-state index in [1.165, 1.54) is 5.56 Å². The fourth-order valence-electron chi connectivity index (χ4n) is 2.23. The van der Waals surface area contributed by atoms with Crippen LogP contribution in [0.1, 0.15) is 18.3 Å². The lowest BCUT2D eigenvalue weighted by molar-refractivity contribution is 0.203. The van der Waals surface area contributed by atoms with Crippen molar-refractivity contribution < 1.29 is 4.74 Å². The zero-order valence-electron chi connectivity index (χ0n) is 14.4. The number of methoxy groups -OCH3 is 1. The molecule has 0 aliphatic heterocycles. The first-order valence-corrected chi connectivity index (χ1v) is 8.25. The molecule has 0 aliphatic rings. The summed E-state index contributed by atoms with van der Waals surface area (Å²) in [5.41, 5.74) is 1.18. The molecule has 1 aromatic heterocycles. The van der Waals surface area contributed by atoms with Crippen LogP contribution in [0.15, 0.2) is 41.7 Å². The van der Waals surface area contributed by atoms with E-state index in [4.69, 9.17) is 4.74 Å². The van der Waals surface area contributed by atoms with Crippen LogP contribution in [0, 0.1) is 0 Å². The number of guanidine groups is 1. The Morgan fingerprint density at radius 3 is 2.75 bits per heavy atom. The van der Waals surface area contributed by atoms with Crippen molar-refractivity contribution in [2.24, 2.45) is 4.99 Å². The van der Waals surface area contributed by atoms with Crippen LogP contribution in [-0.2, 0) is 24.2 Å². The van der Waals surface area contributed by atoms with Gasteiger partial charge in [-0.1, -0.05) is 37.3 Å². The molecule has 0 bridgehead atoms. The highest BCUT2D eigenvalue weighted by molar-refractivity contribution is 5.79. The van der Waals surface area contributed by atoms with E-state index in [1.807, 2.05) is 18.2 Å². The Hall–Kier alpha value is -2.41. The fourth-order valence-corrected chi connectivity index (χ4v) is 2.23. The smallest absolute Gasteiger partial charge is 0.191 e. The van der Waals surface area contributed by atoms with Crippen LogP contribution < -0.4 is 10.6 Å². The molecular weight excluding hydrogens is 304 g/mol. The molecule has 2 aromatic rings. The van der Waals surface area contributed by atoms with E-state index in [0.29, 0.717) is 19.7 Å². The number of hydrogen-bond donors (Lipinski definition) is 2. The molecule has 1 aromatic carbocycles. The number of nitrogens with one attached hydrogen (secondary N) is 2. The highest BCUT2D eigenvalue weighted by atomic mass is 16.5. The quantitative estimate of drug-likeness (QED) is 0.411. The van der Waals surface area contributed by atoms with E-state index in [1.54, 1.807) is 13.4 Å². The summed E-state index contributed by atoms with van der Waals surface area (Å²) in [5, 5.41) is 14.7. The van der Waals surface area contributed by atoms with Gasteiger partial charge in [0.1, 0.15) is 12.2 Å². The van der Waals surface area contributed by atoms with Crippen molar-refractivity contribution in [2.75, 3.05) is 26.8 Å². The maximum atomic E-state index is 5.08. The van der Waals surface area contributed by atoms with Gasteiger partial charge in [-0.2, -0.15) is 0 Å². The minimum absolute atomic E-state index is 0.635. The third kappa shape index (κ3) is 6.00. The number of rotatable bonds is 9.